The molecule has 0 atom stereocenters. The predicted octanol–water partition coefficient (Wildman–Crippen LogP) is 3.23. The number of H-pyrrole nitrogens is 1. The molecule has 10 nitrogen and oxygen atoms in total. The highest BCUT2D eigenvalue weighted by molar-refractivity contribution is 6.31. The van der Waals surface area contributed by atoms with Crippen molar-refractivity contribution in [2.24, 2.45) is 0 Å². The van der Waals surface area contributed by atoms with Crippen molar-refractivity contribution in [2.45, 2.75) is 20.4 Å². The monoisotopic (exact) mass is 422 g/mol. The van der Waals surface area contributed by atoms with Crippen LogP contribution in [-0.4, -0.2) is 37.9 Å². The van der Waals surface area contributed by atoms with Gasteiger partial charge >= 0.3 is 11.6 Å². The van der Waals surface area contributed by atoms with Gasteiger partial charge in [0.1, 0.15) is 5.82 Å². The number of carbonyl (C=O) groups excluding carboxylic acids is 1. The molecule has 152 valence electrons. The standard InChI is InChI=1S/C17H16ClFN6O4/c1-8-13(20-16(26)14-15(25(27)28)17(29-3)22-21-14)9(2)24(23-8)7-10-4-5-11(19)6-12(10)18/h4-6H,7H2,1-3H3,(H,20,26)(H,21,22). The van der Waals surface area contributed by atoms with E-state index in [0.717, 1.165) is 0 Å². The molecule has 0 radical (unpaired) electrons. The van der Waals surface area contributed by atoms with Gasteiger partial charge in [0.05, 0.1) is 35.7 Å². The fourth-order valence-electron chi connectivity index (χ4n) is 2.81. The summed E-state index contributed by atoms with van der Waals surface area (Å²) in [6.07, 6.45) is 0. The summed E-state index contributed by atoms with van der Waals surface area (Å²) in [5.41, 5.74) is 1.20. The molecule has 0 saturated carbocycles. The van der Waals surface area contributed by atoms with Crippen molar-refractivity contribution in [3.05, 3.63) is 61.8 Å². The molecule has 2 heterocycles. The molecule has 3 aromatic rings. The van der Waals surface area contributed by atoms with Crippen LogP contribution in [-0.2, 0) is 6.54 Å². The largest absolute Gasteiger partial charge is 0.475 e. The molecule has 3 rings (SSSR count). The number of halogens is 2. The lowest BCUT2D eigenvalue weighted by Crippen LogP contribution is -2.15. The van der Waals surface area contributed by atoms with Crippen LogP contribution in [0.15, 0.2) is 18.2 Å². The van der Waals surface area contributed by atoms with Crippen molar-refractivity contribution in [1.29, 1.82) is 0 Å². The first-order valence-corrected chi connectivity index (χ1v) is 8.66. The quantitative estimate of drug-likeness (QED) is 0.463. The number of aryl methyl sites for hydroxylation is 1. The number of aromatic nitrogens is 4. The van der Waals surface area contributed by atoms with Gasteiger partial charge in [0.25, 0.3) is 5.91 Å². The van der Waals surface area contributed by atoms with Crippen LogP contribution in [0, 0.1) is 29.8 Å². The third-order valence-corrected chi connectivity index (χ3v) is 4.62. The summed E-state index contributed by atoms with van der Waals surface area (Å²) in [6.45, 7) is 3.64. The highest BCUT2D eigenvalue weighted by atomic mass is 35.5. The Kier molecular flexibility index (Phi) is 5.50. The van der Waals surface area contributed by atoms with Crippen molar-refractivity contribution in [1.82, 2.24) is 20.0 Å². The van der Waals surface area contributed by atoms with E-state index in [4.69, 9.17) is 16.3 Å². The number of ether oxygens (including phenoxy) is 1. The predicted molar refractivity (Wildman–Crippen MR) is 102 cm³/mol. The first-order chi connectivity index (χ1) is 13.7. The number of benzene rings is 1. The second-order valence-corrected chi connectivity index (χ2v) is 6.51. The summed E-state index contributed by atoms with van der Waals surface area (Å²) in [5, 5.41) is 24.4. The van der Waals surface area contributed by atoms with Crippen molar-refractivity contribution in [3.8, 4) is 5.88 Å². The van der Waals surface area contributed by atoms with Gasteiger partial charge in [-0.2, -0.15) is 5.10 Å². The van der Waals surface area contributed by atoms with Gasteiger partial charge in [-0.05, 0) is 31.5 Å². The number of nitrogens with one attached hydrogen (secondary N) is 2. The van der Waals surface area contributed by atoms with Gasteiger partial charge in [0, 0.05) is 5.02 Å². The number of nitro groups is 1. The number of carbonyl (C=O) groups is 1. The van der Waals surface area contributed by atoms with Gasteiger partial charge in [-0.1, -0.05) is 17.7 Å². The maximum atomic E-state index is 13.2. The van der Waals surface area contributed by atoms with Crippen LogP contribution in [0.5, 0.6) is 5.88 Å². The van der Waals surface area contributed by atoms with Gasteiger partial charge in [0.15, 0.2) is 0 Å². The minimum atomic E-state index is -0.766. The number of hydrogen-bond donors (Lipinski definition) is 2. The van der Waals surface area contributed by atoms with E-state index in [0.29, 0.717) is 22.6 Å². The molecule has 1 amide bonds. The van der Waals surface area contributed by atoms with E-state index in [-0.39, 0.29) is 23.1 Å². The first-order valence-electron chi connectivity index (χ1n) is 8.29. The van der Waals surface area contributed by atoms with Crippen LogP contribution in [0.25, 0.3) is 0 Å². The summed E-state index contributed by atoms with van der Waals surface area (Å²) in [5.74, 6) is -1.51. The van der Waals surface area contributed by atoms with Gasteiger partial charge in [-0.15, -0.1) is 5.10 Å². The van der Waals surface area contributed by atoms with Crippen LogP contribution >= 0.6 is 11.6 Å². The van der Waals surface area contributed by atoms with Crippen LogP contribution in [0.2, 0.25) is 5.02 Å². The molecule has 0 unspecified atom stereocenters. The lowest BCUT2D eigenvalue weighted by atomic mass is 10.2. The number of methoxy groups -OCH3 is 1. The molecule has 29 heavy (non-hydrogen) atoms. The fraction of sp³-hybridized carbons (Fsp3) is 0.235. The lowest BCUT2D eigenvalue weighted by Gasteiger charge is -2.08. The van der Waals surface area contributed by atoms with Crippen LogP contribution in [0.3, 0.4) is 0 Å². The van der Waals surface area contributed by atoms with Gasteiger partial charge in [0.2, 0.25) is 5.69 Å². The van der Waals surface area contributed by atoms with E-state index in [1.807, 2.05) is 0 Å². The highest BCUT2D eigenvalue weighted by Crippen LogP contribution is 2.29. The Morgan fingerprint density at radius 3 is 2.79 bits per heavy atom. The van der Waals surface area contributed by atoms with Crippen LogP contribution in [0.1, 0.15) is 27.4 Å². The zero-order chi connectivity index (χ0) is 21.3. The Morgan fingerprint density at radius 1 is 1.45 bits per heavy atom. The Morgan fingerprint density at radius 2 is 2.17 bits per heavy atom. The summed E-state index contributed by atoms with van der Waals surface area (Å²) in [7, 11) is 1.21. The Balaban J connectivity index is 1.88. The lowest BCUT2D eigenvalue weighted by molar-refractivity contribution is -0.386. The van der Waals surface area contributed by atoms with E-state index in [2.05, 4.69) is 20.6 Å². The first kappa shape index (κ1) is 20.3. The molecule has 0 saturated heterocycles. The molecule has 2 aromatic heterocycles. The SMILES string of the molecule is COc1n[nH]c(C(=O)Nc2c(C)nn(Cc3ccc(F)cc3Cl)c2C)c1[N+](=O)[O-]. The zero-order valence-corrected chi connectivity index (χ0v) is 16.4. The average Bonchev–Trinajstić information content (AvgIpc) is 3.21. The molecule has 0 spiro atoms. The topological polar surface area (TPSA) is 128 Å². The molecule has 2 N–H and O–H groups in total. The third-order valence-electron chi connectivity index (χ3n) is 4.27. The van der Waals surface area contributed by atoms with E-state index < -0.39 is 22.3 Å². The summed E-state index contributed by atoms with van der Waals surface area (Å²) < 4.78 is 19.6. The molecule has 0 aliphatic heterocycles. The molecule has 0 aliphatic rings. The van der Waals surface area contributed by atoms with Gasteiger partial charge in [-0.3, -0.25) is 24.7 Å². The Bertz CT molecular complexity index is 1110. The Hall–Kier alpha value is -3.47. The molecular formula is C17H16ClFN6O4. The number of hydrogen-bond acceptors (Lipinski definition) is 6. The van der Waals surface area contributed by atoms with Crippen molar-refractivity contribution in [2.75, 3.05) is 12.4 Å². The maximum absolute atomic E-state index is 13.2. The Labute approximate surface area is 168 Å². The van der Waals surface area contributed by atoms with Crippen molar-refractivity contribution < 1.29 is 18.8 Å². The zero-order valence-electron chi connectivity index (χ0n) is 15.6. The summed E-state index contributed by atoms with van der Waals surface area (Å²) >= 11 is 6.07. The van der Waals surface area contributed by atoms with Crippen LogP contribution < -0.4 is 10.1 Å². The number of rotatable bonds is 6. The molecule has 12 heteroatoms. The molecule has 0 bridgehead atoms. The smallest absolute Gasteiger partial charge is 0.362 e. The second kappa shape index (κ2) is 7.87. The summed E-state index contributed by atoms with van der Waals surface area (Å²) in [6, 6.07) is 4.04. The van der Waals surface area contributed by atoms with Gasteiger partial charge in [-0.25, -0.2) is 4.39 Å². The molecular weight excluding hydrogens is 407 g/mol. The molecule has 0 aliphatic carbocycles. The molecule has 1 aromatic carbocycles. The number of amides is 1. The third kappa shape index (κ3) is 3.90. The summed E-state index contributed by atoms with van der Waals surface area (Å²) in [4.78, 5) is 23.1. The molecule has 0 fully saturated rings. The van der Waals surface area contributed by atoms with Crippen LogP contribution in [0.4, 0.5) is 15.8 Å². The average molecular weight is 423 g/mol. The van der Waals surface area contributed by atoms with E-state index in [1.165, 1.54) is 19.2 Å². The number of aromatic amines is 1. The van der Waals surface area contributed by atoms with Gasteiger partial charge < -0.3 is 10.1 Å². The minimum absolute atomic E-state index is 0.250. The second-order valence-electron chi connectivity index (χ2n) is 6.11. The van der Waals surface area contributed by atoms with E-state index in [9.17, 15) is 19.3 Å². The number of anilines is 1. The van der Waals surface area contributed by atoms with Crippen molar-refractivity contribution >= 4 is 28.9 Å². The highest BCUT2D eigenvalue weighted by Gasteiger charge is 2.31. The maximum Gasteiger partial charge on any atom is 0.362 e. The fourth-order valence-corrected chi connectivity index (χ4v) is 3.04. The van der Waals surface area contributed by atoms with E-state index >= 15 is 0 Å². The normalized spacial score (nSPS) is 10.8. The number of nitrogens with zero attached hydrogens (tertiary/aromatic N) is 4. The minimum Gasteiger partial charge on any atom is -0.475 e. The van der Waals surface area contributed by atoms with Crippen molar-refractivity contribution in [3.63, 3.8) is 0 Å². The van der Waals surface area contributed by atoms with E-state index in [1.54, 1.807) is 24.6 Å².